The van der Waals surface area contributed by atoms with E-state index in [9.17, 15) is 9.59 Å². The number of methoxy groups -OCH3 is 1. The highest BCUT2D eigenvalue weighted by molar-refractivity contribution is 5.95. The van der Waals surface area contributed by atoms with Crippen LogP contribution in [-0.2, 0) is 9.59 Å². The van der Waals surface area contributed by atoms with Crippen LogP contribution in [0.2, 0.25) is 0 Å². The molecule has 0 bridgehead atoms. The van der Waals surface area contributed by atoms with Gasteiger partial charge in [-0.25, -0.2) is 0 Å². The summed E-state index contributed by atoms with van der Waals surface area (Å²) < 4.78 is 11.0. The molecule has 47 heavy (non-hydrogen) atoms. The van der Waals surface area contributed by atoms with Crippen molar-refractivity contribution in [3.8, 4) is 22.6 Å². The summed E-state index contributed by atoms with van der Waals surface area (Å²) in [7, 11) is 1.68. The van der Waals surface area contributed by atoms with E-state index in [2.05, 4.69) is 76.5 Å². The average molecular weight is 619 g/mol. The normalized spacial score (nSPS) is 10.6. The molecule has 0 spiro atoms. The van der Waals surface area contributed by atoms with Gasteiger partial charge in [-0.1, -0.05) is 72.8 Å². The third-order valence-electron chi connectivity index (χ3n) is 7.63. The largest absolute Gasteiger partial charge is 0.497 e. The lowest BCUT2D eigenvalue weighted by Gasteiger charge is -2.26. The molecule has 0 unspecified atom stereocenters. The van der Waals surface area contributed by atoms with Gasteiger partial charge in [-0.15, -0.1) is 0 Å². The summed E-state index contributed by atoms with van der Waals surface area (Å²) in [6, 6.07) is 52.5. The molecule has 6 aromatic carbocycles. The fraction of sp³-hybridized carbons (Fsp3) is 0.0732. The Bertz CT molecular complexity index is 1960. The van der Waals surface area contributed by atoms with Crippen LogP contribution >= 0.6 is 0 Å². The van der Waals surface area contributed by atoms with Crippen molar-refractivity contribution in [2.45, 2.75) is 13.3 Å². The van der Waals surface area contributed by atoms with Gasteiger partial charge in [0.05, 0.1) is 7.11 Å². The van der Waals surface area contributed by atoms with E-state index in [1.807, 2.05) is 78.9 Å². The van der Waals surface area contributed by atoms with Gasteiger partial charge < -0.3 is 19.3 Å². The number of carbonyl (C=O) groups excluding carboxylic acids is 2. The highest BCUT2D eigenvalue weighted by atomic mass is 16.5. The van der Waals surface area contributed by atoms with Crippen LogP contribution in [-0.4, -0.2) is 18.9 Å². The summed E-state index contributed by atoms with van der Waals surface area (Å²) in [6.45, 7) is 1.37. The maximum absolute atomic E-state index is 12.2. The van der Waals surface area contributed by atoms with Crippen LogP contribution in [0.25, 0.3) is 11.1 Å². The minimum atomic E-state index is -0.577. The Balaban J connectivity index is 1.29. The molecule has 232 valence electrons. The number of para-hydroxylation sites is 2. The SMILES string of the molecule is COc1cccc(N(c2ccccc2)c2ccc(-c3ccc(N(c4ccccc4)c4cccc(OC(=O)CC(C)=O)c4)cc3)cc2)c1. The van der Waals surface area contributed by atoms with Crippen molar-refractivity contribution in [3.05, 3.63) is 158 Å². The molecule has 0 aromatic heterocycles. The molecule has 6 rings (SSSR count). The van der Waals surface area contributed by atoms with E-state index in [1.165, 1.54) is 6.92 Å². The summed E-state index contributed by atoms with van der Waals surface area (Å²) >= 11 is 0. The van der Waals surface area contributed by atoms with Gasteiger partial charge in [0.1, 0.15) is 23.7 Å². The smallest absolute Gasteiger partial charge is 0.318 e. The first kappa shape index (κ1) is 30.9. The van der Waals surface area contributed by atoms with Gasteiger partial charge >= 0.3 is 5.97 Å². The van der Waals surface area contributed by atoms with E-state index in [0.717, 1.165) is 51.0 Å². The number of nitrogens with zero attached hydrogens (tertiary/aromatic N) is 2. The van der Waals surface area contributed by atoms with E-state index in [4.69, 9.17) is 9.47 Å². The first-order valence-corrected chi connectivity index (χ1v) is 15.3. The van der Waals surface area contributed by atoms with Crippen LogP contribution in [0.15, 0.2) is 158 Å². The number of Topliss-reactive ketones (excluding diaryl/α,β-unsaturated/α-hetero) is 1. The second-order valence-electron chi connectivity index (χ2n) is 11.0. The van der Waals surface area contributed by atoms with E-state index in [-0.39, 0.29) is 12.2 Å². The Morgan fingerprint density at radius 2 is 0.894 bits per heavy atom. The molecule has 0 aliphatic heterocycles. The molecular formula is C41H34N2O4. The number of rotatable bonds is 11. The predicted octanol–water partition coefficient (Wildman–Crippen LogP) is 10.2. The highest BCUT2D eigenvalue weighted by Gasteiger charge is 2.16. The van der Waals surface area contributed by atoms with Crippen LogP contribution in [0.4, 0.5) is 34.1 Å². The van der Waals surface area contributed by atoms with Gasteiger partial charge in [0.15, 0.2) is 0 Å². The molecule has 6 heteroatoms. The minimum absolute atomic E-state index is 0.239. The molecule has 6 aromatic rings. The number of ketones is 1. The van der Waals surface area contributed by atoms with Gasteiger partial charge in [0, 0.05) is 46.3 Å². The highest BCUT2D eigenvalue weighted by Crippen LogP contribution is 2.39. The first-order valence-electron chi connectivity index (χ1n) is 15.3. The molecule has 0 heterocycles. The van der Waals surface area contributed by atoms with Crippen molar-refractivity contribution in [2.75, 3.05) is 16.9 Å². The lowest BCUT2D eigenvalue weighted by Crippen LogP contribution is -2.13. The molecule has 0 saturated heterocycles. The number of hydrogen-bond donors (Lipinski definition) is 0. The van der Waals surface area contributed by atoms with Crippen LogP contribution < -0.4 is 19.3 Å². The molecule has 0 atom stereocenters. The fourth-order valence-electron chi connectivity index (χ4n) is 5.46. The Labute approximate surface area is 275 Å². The summed E-state index contributed by atoms with van der Waals surface area (Å²) in [4.78, 5) is 27.9. The van der Waals surface area contributed by atoms with Gasteiger partial charge in [0.2, 0.25) is 0 Å². The van der Waals surface area contributed by atoms with Gasteiger partial charge in [-0.05, 0) is 90.8 Å². The standard InChI is InChI=1S/C41H34N2O4/c1-30(44)27-41(45)47-40-18-10-16-38(29-40)43(34-13-7-4-8-14-34)36-25-21-32(22-26-36)31-19-23-35(24-20-31)42(33-11-5-3-6-12-33)37-15-9-17-39(28-37)46-2/h3-26,28-29H,27H2,1-2H3. The lowest BCUT2D eigenvalue weighted by molar-refractivity contribution is -0.137. The monoisotopic (exact) mass is 618 g/mol. The molecule has 0 fully saturated rings. The fourth-order valence-corrected chi connectivity index (χ4v) is 5.46. The summed E-state index contributed by atoms with van der Waals surface area (Å²) in [5.74, 6) is 0.360. The maximum atomic E-state index is 12.2. The van der Waals surface area contributed by atoms with E-state index in [1.54, 1.807) is 19.2 Å². The van der Waals surface area contributed by atoms with Gasteiger partial charge in [-0.3, -0.25) is 9.59 Å². The van der Waals surface area contributed by atoms with E-state index < -0.39 is 5.97 Å². The zero-order valence-corrected chi connectivity index (χ0v) is 26.2. The van der Waals surface area contributed by atoms with E-state index >= 15 is 0 Å². The summed E-state index contributed by atoms with van der Waals surface area (Å²) in [5.41, 5.74) is 7.97. The molecule has 0 amide bonds. The maximum Gasteiger partial charge on any atom is 0.318 e. The molecule has 0 aliphatic carbocycles. The molecule has 0 radical (unpaired) electrons. The van der Waals surface area contributed by atoms with E-state index in [0.29, 0.717) is 5.75 Å². The first-order chi connectivity index (χ1) is 23.0. The molecule has 6 nitrogen and oxygen atoms in total. The van der Waals surface area contributed by atoms with Crippen molar-refractivity contribution in [2.24, 2.45) is 0 Å². The molecule has 0 aliphatic rings. The van der Waals surface area contributed by atoms with Crippen molar-refractivity contribution >= 4 is 45.9 Å². The third-order valence-corrected chi connectivity index (χ3v) is 7.63. The molecule has 0 N–H and O–H groups in total. The van der Waals surface area contributed by atoms with Crippen LogP contribution in [0.3, 0.4) is 0 Å². The van der Waals surface area contributed by atoms with Crippen LogP contribution in [0, 0.1) is 0 Å². The second-order valence-corrected chi connectivity index (χ2v) is 11.0. The number of esters is 1. The van der Waals surface area contributed by atoms with Crippen LogP contribution in [0.5, 0.6) is 11.5 Å². The Kier molecular flexibility index (Phi) is 9.40. The molecular weight excluding hydrogens is 584 g/mol. The number of benzene rings is 6. The topological polar surface area (TPSA) is 59.1 Å². The quantitative estimate of drug-likeness (QED) is 0.0818. The Hall–Kier alpha value is -6.14. The third kappa shape index (κ3) is 7.40. The number of anilines is 6. The zero-order valence-electron chi connectivity index (χ0n) is 26.2. The van der Waals surface area contributed by atoms with Crippen LogP contribution in [0.1, 0.15) is 13.3 Å². The van der Waals surface area contributed by atoms with Crippen molar-refractivity contribution < 1.29 is 19.1 Å². The minimum Gasteiger partial charge on any atom is -0.497 e. The molecule has 0 saturated carbocycles. The van der Waals surface area contributed by atoms with Gasteiger partial charge in [-0.2, -0.15) is 0 Å². The number of carbonyl (C=O) groups is 2. The van der Waals surface area contributed by atoms with Crippen molar-refractivity contribution in [1.82, 2.24) is 0 Å². The van der Waals surface area contributed by atoms with Gasteiger partial charge in [0.25, 0.3) is 0 Å². The van der Waals surface area contributed by atoms with Crippen molar-refractivity contribution in [3.63, 3.8) is 0 Å². The lowest BCUT2D eigenvalue weighted by atomic mass is 10.0. The number of hydrogen-bond acceptors (Lipinski definition) is 6. The number of ether oxygens (including phenoxy) is 2. The van der Waals surface area contributed by atoms with Crippen molar-refractivity contribution in [1.29, 1.82) is 0 Å². The zero-order chi connectivity index (χ0) is 32.6. The Morgan fingerprint density at radius 3 is 1.34 bits per heavy atom. The predicted molar refractivity (Wildman–Crippen MR) is 189 cm³/mol. The summed E-state index contributed by atoms with van der Waals surface area (Å²) in [5, 5.41) is 0. The average Bonchev–Trinajstić information content (AvgIpc) is 3.10. The Morgan fingerprint density at radius 1 is 0.489 bits per heavy atom. The summed E-state index contributed by atoms with van der Waals surface area (Å²) in [6.07, 6.45) is -0.264. The second kappa shape index (κ2) is 14.3.